The Labute approximate surface area is 68.7 Å². The Hall–Kier alpha value is -0.920. The van der Waals surface area contributed by atoms with Crippen molar-refractivity contribution in [2.24, 2.45) is 16.1 Å². The molecule has 0 aromatic carbocycles. The van der Waals surface area contributed by atoms with Crippen molar-refractivity contribution in [1.29, 1.82) is 0 Å². The van der Waals surface area contributed by atoms with E-state index in [-0.39, 0.29) is 0 Å². The van der Waals surface area contributed by atoms with Crippen LogP contribution in [0.2, 0.25) is 0 Å². The molecule has 0 aliphatic heterocycles. The highest BCUT2D eigenvalue weighted by molar-refractivity contribution is 4.96. The number of hydrogen-bond donors (Lipinski definition) is 0. The Balaban J connectivity index is 3.93. The highest BCUT2D eigenvalue weighted by Gasteiger charge is 1.96. The van der Waals surface area contributed by atoms with Gasteiger partial charge in [-0.3, -0.25) is 0 Å². The minimum atomic E-state index is 0.364. The van der Waals surface area contributed by atoms with Crippen molar-refractivity contribution in [2.45, 2.75) is 27.2 Å². The summed E-state index contributed by atoms with van der Waals surface area (Å²) in [7, 11) is 0. The topological polar surface area (TPSA) is 24.7 Å². The number of azo groups is 1. The van der Waals surface area contributed by atoms with Gasteiger partial charge in [-0.2, -0.15) is 10.2 Å². The second-order valence-electron chi connectivity index (χ2n) is 2.77. The second kappa shape index (κ2) is 4.83. The molecule has 0 bridgehead atoms. The van der Waals surface area contributed by atoms with Crippen molar-refractivity contribution in [3.63, 3.8) is 0 Å². The van der Waals surface area contributed by atoms with Gasteiger partial charge in [-0.25, -0.2) is 0 Å². The highest BCUT2D eigenvalue weighted by atomic mass is 15.1. The van der Waals surface area contributed by atoms with Crippen LogP contribution in [-0.4, -0.2) is 0 Å². The first kappa shape index (κ1) is 10.1. The minimum Gasteiger partial charge on any atom is -0.156 e. The van der Waals surface area contributed by atoms with E-state index in [9.17, 15) is 0 Å². The molecule has 0 rings (SSSR count). The number of rotatable bonds is 4. The molecule has 0 aromatic rings. The predicted octanol–water partition coefficient (Wildman–Crippen LogP) is 3.53. The summed E-state index contributed by atoms with van der Waals surface area (Å²) in [6, 6.07) is 0. The molecular formula is C9H16N2. The zero-order chi connectivity index (χ0) is 8.85. The molecule has 2 heteroatoms. The quantitative estimate of drug-likeness (QED) is 0.550. The van der Waals surface area contributed by atoms with Crippen LogP contribution in [0.5, 0.6) is 0 Å². The minimum absolute atomic E-state index is 0.364. The third-order valence-electron chi connectivity index (χ3n) is 1.39. The Kier molecular flexibility index (Phi) is 4.42. The molecule has 0 unspecified atom stereocenters. The fraction of sp³-hybridized carbons (Fsp3) is 0.556. The fourth-order valence-electron chi connectivity index (χ4n) is 0.321. The fourth-order valence-corrected chi connectivity index (χ4v) is 0.321. The molecule has 11 heavy (non-hydrogen) atoms. The first-order valence-electron chi connectivity index (χ1n) is 3.86. The third-order valence-corrected chi connectivity index (χ3v) is 1.39. The summed E-state index contributed by atoms with van der Waals surface area (Å²) in [4.78, 5) is 0. The molecule has 62 valence electrons. The van der Waals surface area contributed by atoms with Crippen molar-refractivity contribution < 1.29 is 0 Å². The van der Waals surface area contributed by atoms with Crippen LogP contribution in [0.3, 0.4) is 0 Å². The van der Waals surface area contributed by atoms with E-state index in [4.69, 9.17) is 0 Å². The lowest BCUT2D eigenvalue weighted by Gasteiger charge is -2.00. The Bertz CT molecular complexity index is 178. The summed E-state index contributed by atoms with van der Waals surface area (Å²) in [5.74, 6) is 0.364. The van der Waals surface area contributed by atoms with Crippen LogP contribution < -0.4 is 0 Å². The highest BCUT2D eigenvalue weighted by Crippen LogP contribution is 2.10. The first-order chi connectivity index (χ1) is 5.07. The average Bonchev–Trinajstić information content (AvgIpc) is 1.99. The van der Waals surface area contributed by atoms with E-state index in [1.807, 2.05) is 20.8 Å². The third kappa shape index (κ3) is 4.48. The second-order valence-corrected chi connectivity index (χ2v) is 2.77. The van der Waals surface area contributed by atoms with Crippen LogP contribution in [0, 0.1) is 5.92 Å². The predicted molar refractivity (Wildman–Crippen MR) is 48.3 cm³/mol. The molecule has 0 N–H and O–H groups in total. The zero-order valence-electron chi connectivity index (χ0n) is 7.59. The molecule has 0 fully saturated rings. The van der Waals surface area contributed by atoms with Gasteiger partial charge in [-0.1, -0.05) is 33.9 Å². The molecule has 0 amide bonds. The molecular weight excluding hydrogens is 136 g/mol. The van der Waals surface area contributed by atoms with Crippen molar-refractivity contribution in [3.8, 4) is 0 Å². The van der Waals surface area contributed by atoms with Gasteiger partial charge < -0.3 is 0 Å². The first-order valence-corrected chi connectivity index (χ1v) is 3.86. The zero-order valence-corrected chi connectivity index (χ0v) is 7.59. The van der Waals surface area contributed by atoms with Crippen LogP contribution in [0.25, 0.3) is 0 Å². The maximum Gasteiger partial charge on any atom is 0.0584 e. The van der Waals surface area contributed by atoms with E-state index in [1.54, 1.807) is 0 Å². The molecule has 0 aliphatic carbocycles. The summed E-state index contributed by atoms with van der Waals surface area (Å²) < 4.78 is 0. The van der Waals surface area contributed by atoms with Crippen molar-refractivity contribution in [3.05, 3.63) is 24.6 Å². The van der Waals surface area contributed by atoms with E-state index in [0.29, 0.717) is 5.92 Å². The van der Waals surface area contributed by atoms with Crippen LogP contribution >= 0.6 is 0 Å². The normalized spacial score (nSPS) is 10.9. The van der Waals surface area contributed by atoms with Crippen molar-refractivity contribution in [1.82, 2.24) is 0 Å². The molecule has 0 spiro atoms. The van der Waals surface area contributed by atoms with E-state index in [1.165, 1.54) is 0 Å². The maximum absolute atomic E-state index is 3.93. The molecule has 0 saturated heterocycles. The number of nitrogens with zero attached hydrogens (tertiary/aromatic N) is 2. The lowest BCUT2D eigenvalue weighted by Crippen LogP contribution is -1.86. The largest absolute Gasteiger partial charge is 0.156 e. The summed E-state index contributed by atoms with van der Waals surface area (Å²) in [5.41, 5.74) is 1.60. The summed E-state index contributed by atoms with van der Waals surface area (Å²) >= 11 is 0. The number of hydrogen-bond acceptors (Lipinski definition) is 2. The van der Waals surface area contributed by atoms with Crippen molar-refractivity contribution >= 4 is 0 Å². The van der Waals surface area contributed by atoms with Crippen LogP contribution in [0.1, 0.15) is 27.2 Å². The van der Waals surface area contributed by atoms with Crippen LogP contribution in [0.4, 0.5) is 0 Å². The van der Waals surface area contributed by atoms with Gasteiger partial charge in [-0.15, -0.1) is 0 Å². The summed E-state index contributed by atoms with van der Waals surface area (Å²) in [6.45, 7) is 13.5. The maximum atomic E-state index is 3.93. The summed E-state index contributed by atoms with van der Waals surface area (Å²) in [6.07, 6.45) is 0.842. The SMILES string of the molecule is C=C(CC)N=NC(=C)C(C)C. The van der Waals surface area contributed by atoms with Gasteiger partial charge in [0.25, 0.3) is 0 Å². The average molecular weight is 152 g/mol. The van der Waals surface area contributed by atoms with Gasteiger partial charge in [0.1, 0.15) is 0 Å². The summed E-state index contributed by atoms with van der Waals surface area (Å²) in [5, 5.41) is 7.82. The van der Waals surface area contributed by atoms with Crippen LogP contribution in [-0.2, 0) is 0 Å². The van der Waals surface area contributed by atoms with E-state index in [0.717, 1.165) is 17.8 Å². The lowest BCUT2D eigenvalue weighted by atomic mass is 10.2. The van der Waals surface area contributed by atoms with Gasteiger partial charge in [0.05, 0.1) is 11.4 Å². The van der Waals surface area contributed by atoms with Gasteiger partial charge in [0.15, 0.2) is 0 Å². The number of allylic oxidation sites excluding steroid dienone is 2. The monoisotopic (exact) mass is 152 g/mol. The molecule has 0 radical (unpaired) electrons. The van der Waals surface area contributed by atoms with Gasteiger partial charge >= 0.3 is 0 Å². The van der Waals surface area contributed by atoms with E-state index < -0.39 is 0 Å². The Morgan fingerprint density at radius 2 is 1.82 bits per heavy atom. The van der Waals surface area contributed by atoms with Crippen LogP contribution in [0.15, 0.2) is 34.8 Å². The molecule has 0 aromatic heterocycles. The van der Waals surface area contributed by atoms with E-state index in [2.05, 4.69) is 23.4 Å². The molecule has 0 atom stereocenters. The Morgan fingerprint density at radius 1 is 1.27 bits per heavy atom. The lowest BCUT2D eigenvalue weighted by molar-refractivity contribution is 0.741. The molecule has 2 nitrogen and oxygen atoms in total. The standard InChI is InChI=1S/C9H16N2/c1-6-8(4)10-11-9(5)7(2)3/h7H,4-6H2,1-3H3. The smallest absolute Gasteiger partial charge is 0.0584 e. The molecule has 0 saturated carbocycles. The van der Waals surface area contributed by atoms with Crippen molar-refractivity contribution in [2.75, 3.05) is 0 Å². The molecule has 0 heterocycles. The molecule has 0 aliphatic rings. The van der Waals surface area contributed by atoms with Gasteiger partial charge in [0.2, 0.25) is 0 Å². The van der Waals surface area contributed by atoms with Gasteiger partial charge in [-0.05, 0) is 12.3 Å². The van der Waals surface area contributed by atoms with E-state index >= 15 is 0 Å². The van der Waals surface area contributed by atoms with Gasteiger partial charge in [0, 0.05) is 0 Å². The Morgan fingerprint density at radius 3 is 2.18 bits per heavy atom.